The predicted octanol–water partition coefficient (Wildman–Crippen LogP) is 2.07. The summed E-state index contributed by atoms with van der Waals surface area (Å²) in [5, 5.41) is 4.01. The van der Waals surface area contributed by atoms with E-state index in [1.54, 1.807) is 5.01 Å². The summed E-state index contributed by atoms with van der Waals surface area (Å²) in [6.07, 6.45) is -4.43. The van der Waals surface area contributed by atoms with Gasteiger partial charge >= 0.3 is 12.2 Å². The van der Waals surface area contributed by atoms with E-state index in [2.05, 4.69) is 10.7 Å². The number of benzene rings is 1. The number of anilines is 1. The van der Waals surface area contributed by atoms with Gasteiger partial charge in [-0.3, -0.25) is 5.43 Å². The number of ether oxygens (including phenoxy) is 1. The molecule has 5 nitrogen and oxygen atoms in total. The van der Waals surface area contributed by atoms with Gasteiger partial charge in [-0.05, 0) is 18.2 Å². The van der Waals surface area contributed by atoms with Crippen molar-refractivity contribution in [2.24, 2.45) is 0 Å². The number of hydrogen-bond donors (Lipinski definition) is 2. The minimum atomic E-state index is -4.43. The van der Waals surface area contributed by atoms with Gasteiger partial charge in [-0.25, -0.2) is 9.80 Å². The fraction of sp³-hybridized carbons (Fsp3) is 0.417. The number of rotatable bonds is 2. The number of hydrazine groups is 1. The Bertz CT molecular complexity index is 473. The van der Waals surface area contributed by atoms with Gasteiger partial charge in [0.05, 0.1) is 18.8 Å². The molecule has 0 saturated carbocycles. The van der Waals surface area contributed by atoms with Gasteiger partial charge in [0.25, 0.3) is 0 Å². The topological polar surface area (TPSA) is 53.6 Å². The molecular weight excluding hydrogens is 275 g/mol. The molecule has 1 fully saturated rings. The van der Waals surface area contributed by atoms with E-state index in [1.807, 2.05) is 0 Å². The number of nitrogens with zero attached hydrogens (tertiary/aromatic N) is 1. The summed E-state index contributed by atoms with van der Waals surface area (Å²) in [6.45, 7) is 2.08. The first kappa shape index (κ1) is 14.6. The van der Waals surface area contributed by atoms with Crippen LogP contribution in [0.2, 0.25) is 0 Å². The van der Waals surface area contributed by atoms with Crippen molar-refractivity contribution in [3.8, 4) is 0 Å². The van der Waals surface area contributed by atoms with E-state index in [4.69, 9.17) is 4.74 Å². The van der Waals surface area contributed by atoms with Crippen LogP contribution >= 0.6 is 0 Å². The lowest BCUT2D eigenvalue weighted by Crippen LogP contribution is -2.49. The Morgan fingerprint density at radius 3 is 2.60 bits per heavy atom. The molecule has 110 valence electrons. The van der Waals surface area contributed by atoms with Crippen LogP contribution in [0.3, 0.4) is 0 Å². The quantitative estimate of drug-likeness (QED) is 0.876. The zero-order valence-electron chi connectivity index (χ0n) is 10.5. The monoisotopic (exact) mass is 289 g/mol. The first-order valence-corrected chi connectivity index (χ1v) is 6.03. The summed E-state index contributed by atoms with van der Waals surface area (Å²) < 4.78 is 42.7. The van der Waals surface area contributed by atoms with Crippen LogP contribution in [-0.2, 0) is 10.9 Å². The molecule has 0 aliphatic carbocycles. The third-order valence-electron chi connectivity index (χ3n) is 2.72. The van der Waals surface area contributed by atoms with Gasteiger partial charge in [0.1, 0.15) is 0 Å². The van der Waals surface area contributed by atoms with Crippen molar-refractivity contribution >= 4 is 11.7 Å². The predicted molar refractivity (Wildman–Crippen MR) is 66.0 cm³/mol. The largest absolute Gasteiger partial charge is 0.416 e. The number of morpholine rings is 1. The Labute approximate surface area is 113 Å². The molecule has 0 unspecified atom stereocenters. The summed E-state index contributed by atoms with van der Waals surface area (Å²) >= 11 is 0. The molecule has 2 N–H and O–H groups in total. The third-order valence-corrected chi connectivity index (χ3v) is 2.72. The number of carbonyl (C=O) groups excluding carboxylic acids is 1. The normalized spacial score (nSPS) is 16.8. The van der Waals surface area contributed by atoms with Crippen LogP contribution in [-0.4, -0.2) is 37.3 Å². The Kier molecular flexibility index (Phi) is 4.46. The van der Waals surface area contributed by atoms with Crippen molar-refractivity contribution in [3.63, 3.8) is 0 Å². The lowest BCUT2D eigenvalue weighted by Gasteiger charge is -2.26. The molecular formula is C12H14F3N3O2. The molecule has 1 aliphatic rings. The van der Waals surface area contributed by atoms with Crippen molar-refractivity contribution in [1.29, 1.82) is 0 Å². The SMILES string of the molecule is O=C(Nc1cccc(C(F)(F)F)c1)NN1CCOCC1. The fourth-order valence-corrected chi connectivity index (χ4v) is 1.75. The van der Waals surface area contributed by atoms with Crippen LogP contribution < -0.4 is 10.7 Å². The summed E-state index contributed by atoms with van der Waals surface area (Å²) in [5.74, 6) is 0. The lowest BCUT2D eigenvalue weighted by atomic mass is 10.2. The number of hydrogen-bond acceptors (Lipinski definition) is 3. The summed E-state index contributed by atoms with van der Waals surface area (Å²) in [6, 6.07) is 3.90. The molecule has 1 heterocycles. The highest BCUT2D eigenvalue weighted by Gasteiger charge is 2.30. The summed E-state index contributed by atoms with van der Waals surface area (Å²) in [7, 11) is 0. The van der Waals surface area contributed by atoms with E-state index in [-0.39, 0.29) is 5.69 Å². The Hall–Kier alpha value is -1.80. The van der Waals surface area contributed by atoms with Crippen molar-refractivity contribution < 1.29 is 22.7 Å². The van der Waals surface area contributed by atoms with Gasteiger partial charge in [0.15, 0.2) is 0 Å². The molecule has 1 aromatic rings. The standard InChI is InChI=1S/C12H14F3N3O2/c13-12(14,15)9-2-1-3-10(8-9)16-11(19)17-18-4-6-20-7-5-18/h1-3,8H,4-7H2,(H2,16,17,19). The second kappa shape index (κ2) is 6.10. The zero-order chi connectivity index (χ0) is 14.6. The van der Waals surface area contributed by atoms with Gasteiger partial charge in [-0.1, -0.05) is 6.07 Å². The Balaban J connectivity index is 1.93. The molecule has 1 saturated heterocycles. The highest BCUT2D eigenvalue weighted by molar-refractivity contribution is 5.88. The van der Waals surface area contributed by atoms with Crippen LogP contribution in [0.4, 0.5) is 23.7 Å². The minimum Gasteiger partial charge on any atom is -0.379 e. The zero-order valence-corrected chi connectivity index (χ0v) is 10.5. The molecule has 0 radical (unpaired) electrons. The average molecular weight is 289 g/mol. The number of amides is 2. The molecule has 1 aliphatic heterocycles. The summed E-state index contributed by atoms with van der Waals surface area (Å²) in [5.41, 5.74) is 1.83. The van der Waals surface area contributed by atoms with Crippen molar-refractivity contribution in [2.45, 2.75) is 6.18 Å². The maximum absolute atomic E-state index is 12.5. The Morgan fingerprint density at radius 2 is 1.95 bits per heavy atom. The van der Waals surface area contributed by atoms with Gasteiger partial charge < -0.3 is 10.1 Å². The summed E-state index contributed by atoms with van der Waals surface area (Å²) in [4.78, 5) is 11.7. The molecule has 0 atom stereocenters. The van der Waals surface area contributed by atoms with E-state index in [1.165, 1.54) is 12.1 Å². The molecule has 20 heavy (non-hydrogen) atoms. The van der Waals surface area contributed by atoms with E-state index in [0.29, 0.717) is 26.3 Å². The molecule has 1 aromatic carbocycles. The van der Waals surface area contributed by atoms with Crippen LogP contribution in [0, 0.1) is 0 Å². The van der Waals surface area contributed by atoms with Crippen molar-refractivity contribution in [1.82, 2.24) is 10.4 Å². The Morgan fingerprint density at radius 1 is 1.25 bits per heavy atom. The van der Waals surface area contributed by atoms with Gasteiger partial charge in [0, 0.05) is 18.8 Å². The lowest BCUT2D eigenvalue weighted by molar-refractivity contribution is -0.137. The maximum atomic E-state index is 12.5. The second-order valence-electron chi connectivity index (χ2n) is 4.24. The second-order valence-corrected chi connectivity index (χ2v) is 4.24. The van der Waals surface area contributed by atoms with Gasteiger partial charge in [-0.2, -0.15) is 13.2 Å². The number of carbonyl (C=O) groups is 1. The molecule has 2 rings (SSSR count). The molecule has 0 aromatic heterocycles. The fourth-order valence-electron chi connectivity index (χ4n) is 1.75. The van der Waals surface area contributed by atoms with Crippen LogP contribution in [0.15, 0.2) is 24.3 Å². The van der Waals surface area contributed by atoms with Gasteiger partial charge in [0.2, 0.25) is 0 Å². The van der Waals surface area contributed by atoms with Crippen LogP contribution in [0.1, 0.15) is 5.56 Å². The van der Waals surface area contributed by atoms with Crippen molar-refractivity contribution in [2.75, 3.05) is 31.6 Å². The van der Waals surface area contributed by atoms with Gasteiger partial charge in [-0.15, -0.1) is 0 Å². The molecule has 0 spiro atoms. The number of nitrogens with one attached hydrogen (secondary N) is 2. The molecule has 0 bridgehead atoms. The number of urea groups is 1. The smallest absolute Gasteiger partial charge is 0.379 e. The molecule has 8 heteroatoms. The maximum Gasteiger partial charge on any atom is 0.416 e. The number of halogens is 3. The van der Waals surface area contributed by atoms with Crippen LogP contribution in [0.25, 0.3) is 0 Å². The average Bonchev–Trinajstić information content (AvgIpc) is 2.39. The first-order valence-electron chi connectivity index (χ1n) is 6.03. The van der Waals surface area contributed by atoms with E-state index in [9.17, 15) is 18.0 Å². The van der Waals surface area contributed by atoms with E-state index >= 15 is 0 Å². The third kappa shape index (κ3) is 4.10. The first-order chi connectivity index (χ1) is 9.45. The minimum absolute atomic E-state index is 0.0885. The highest BCUT2D eigenvalue weighted by Crippen LogP contribution is 2.30. The highest BCUT2D eigenvalue weighted by atomic mass is 19.4. The number of alkyl halides is 3. The van der Waals surface area contributed by atoms with E-state index < -0.39 is 17.8 Å². The molecule has 2 amide bonds. The van der Waals surface area contributed by atoms with Crippen molar-refractivity contribution in [3.05, 3.63) is 29.8 Å². The van der Waals surface area contributed by atoms with E-state index in [0.717, 1.165) is 12.1 Å². The van der Waals surface area contributed by atoms with Crippen LogP contribution in [0.5, 0.6) is 0 Å².